The molecule has 96 valence electrons. The first-order valence-corrected chi connectivity index (χ1v) is 6.69. The van der Waals surface area contributed by atoms with E-state index in [-0.39, 0.29) is 5.92 Å². The molecule has 0 spiro atoms. The average molecular weight is 243 g/mol. The normalized spacial score (nSPS) is 20.2. The molecule has 0 aromatic heterocycles. The van der Waals surface area contributed by atoms with Crippen LogP contribution in [0.15, 0.2) is 24.3 Å². The highest BCUT2D eigenvalue weighted by atomic mass is 16.3. The highest BCUT2D eigenvalue weighted by molar-refractivity contribution is 5.39. The van der Waals surface area contributed by atoms with Crippen LogP contribution in [0, 0.1) is 22.7 Å². The van der Waals surface area contributed by atoms with Gasteiger partial charge in [-0.15, -0.1) is 0 Å². The van der Waals surface area contributed by atoms with Gasteiger partial charge in [-0.3, -0.25) is 0 Å². The molecule has 0 radical (unpaired) electrons. The average Bonchev–Trinajstić information content (AvgIpc) is 2.77. The van der Waals surface area contributed by atoms with Crippen molar-refractivity contribution in [3.8, 4) is 6.07 Å². The van der Waals surface area contributed by atoms with Crippen LogP contribution in [-0.4, -0.2) is 10.7 Å². The molecule has 0 heterocycles. The molecule has 1 atom stereocenters. The van der Waals surface area contributed by atoms with E-state index in [2.05, 4.69) is 18.2 Å². The molecule has 1 aromatic carbocycles. The lowest BCUT2D eigenvalue weighted by Gasteiger charge is -2.43. The maximum Gasteiger partial charge on any atom is 0.0942 e. The standard InChI is InChI=1S/C16H21NO/c1-4-16(18,12(2)3)15(11-17)9-13-7-5-6-8-14(13)10-15/h5-8,12,18H,4,9-10H2,1-3H3. The van der Waals surface area contributed by atoms with E-state index in [1.807, 2.05) is 32.9 Å². The third-order valence-corrected chi connectivity index (χ3v) is 4.64. The molecule has 0 aliphatic heterocycles. The van der Waals surface area contributed by atoms with Gasteiger partial charge in [-0.2, -0.15) is 5.26 Å². The van der Waals surface area contributed by atoms with Crippen LogP contribution in [0.2, 0.25) is 0 Å². The van der Waals surface area contributed by atoms with Gasteiger partial charge in [0.05, 0.1) is 17.1 Å². The molecule has 2 heteroatoms. The Morgan fingerprint density at radius 2 is 1.83 bits per heavy atom. The van der Waals surface area contributed by atoms with Crippen LogP contribution >= 0.6 is 0 Å². The SMILES string of the molecule is CCC(O)(C(C)C)C1(C#N)Cc2ccccc2C1. The van der Waals surface area contributed by atoms with Gasteiger partial charge in [0, 0.05) is 0 Å². The molecule has 0 saturated carbocycles. The zero-order valence-corrected chi connectivity index (χ0v) is 11.4. The van der Waals surface area contributed by atoms with Gasteiger partial charge >= 0.3 is 0 Å². The van der Waals surface area contributed by atoms with E-state index in [0.717, 1.165) is 0 Å². The minimum atomic E-state index is -0.916. The molecule has 1 aliphatic carbocycles. The maximum absolute atomic E-state index is 11.0. The first-order chi connectivity index (χ1) is 8.49. The fourth-order valence-electron chi connectivity index (χ4n) is 3.40. The van der Waals surface area contributed by atoms with Crippen molar-refractivity contribution in [1.29, 1.82) is 5.26 Å². The third-order valence-electron chi connectivity index (χ3n) is 4.64. The second-order valence-corrected chi connectivity index (χ2v) is 5.75. The molecule has 1 aromatic rings. The number of aliphatic hydroxyl groups is 1. The van der Waals surface area contributed by atoms with Gasteiger partial charge in [0.2, 0.25) is 0 Å². The number of nitrogens with zero attached hydrogens (tertiary/aromatic N) is 1. The van der Waals surface area contributed by atoms with Gasteiger partial charge in [-0.25, -0.2) is 0 Å². The van der Waals surface area contributed by atoms with Crippen LogP contribution in [0.25, 0.3) is 0 Å². The first-order valence-electron chi connectivity index (χ1n) is 6.69. The molecule has 1 N–H and O–H groups in total. The fraction of sp³-hybridized carbons (Fsp3) is 0.562. The van der Waals surface area contributed by atoms with Crippen LogP contribution < -0.4 is 0 Å². The summed E-state index contributed by atoms with van der Waals surface area (Å²) in [6, 6.07) is 10.6. The summed E-state index contributed by atoms with van der Waals surface area (Å²) in [5.74, 6) is 0.0801. The molecule has 0 saturated heterocycles. The summed E-state index contributed by atoms with van der Waals surface area (Å²) >= 11 is 0. The van der Waals surface area contributed by atoms with Gasteiger partial charge in [0.25, 0.3) is 0 Å². The topological polar surface area (TPSA) is 44.0 Å². The maximum atomic E-state index is 11.0. The van der Waals surface area contributed by atoms with E-state index in [4.69, 9.17) is 0 Å². The minimum Gasteiger partial charge on any atom is -0.388 e. The van der Waals surface area contributed by atoms with Gasteiger partial charge in [-0.1, -0.05) is 45.0 Å². The van der Waals surface area contributed by atoms with Crippen molar-refractivity contribution in [2.45, 2.75) is 45.6 Å². The van der Waals surface area contributed by atoms with E-state index >= 15 is 0 Å². The predicted molar refractivity (Wildman–Crippen MR) is 72.0 cm³/mol. The number of nitriles is 1. The molecule has 2 nitrogen and oxygen atoms in total. The summed E-state index contributed by atoms with van der Waals surface area (Å²) in [6.07, 6.45) is 1.95. The Morgan fingerprint density at radius 3 is 2.17 bits per heavy atom. The molecule has 0 amide bonds. The van der Waals surface area contributed by atoms with Crippen molar-refractivity contribution in [3.63, 3.8) is 0 Å². The number of rotatable bonds is 3. The third kappa shape index (κ3) is 1.66. The molecule has 1 unspecified atom stereocenters. The quantitative estimate of drug-likeness (QED) is 0.886. The van der Waals surface area contributed by atoms with E-state index in [1.165, 1.54) is 11.1 Å². The van der Waals surface area contributed by atoms with Crippen molar-refractivity contribution >= 4 is 0 Å². The summed E-state index contributed by atoms with van der Waals surface area (Å²) in [6.45, 7) is 5.99. The van der Waals surface area contributed by atoms with Crippen molar-refractivity contribution in [2.24, 2.45) is 11.3 Å². The van der Waals surface area contributed by atoms with Gasteiger partial charge < -0.3 is 5.11 Å². The van der Waals surface area contributed by atoms with E-state index in [1.54, 1.807) is 0 Å². The molecule has 0 fully saturated rings. The fourth-order valence-corrected chi connectivity index (χ4v) is 3.40. The number of benzene rings is 1. The van der Waals surface area contributed by atoms with Crippen molar-refractivity contribution in [2.75, 3.05) is 0 Å². The molecular weight excluding hydrogens is 222 g/mol. The molecule has 1 aliphatic rings. The molecular formula is C16H21NO. The molecule has 2 rings (SSSR count). The second-order valence-electron chi connectivity index (χ2n) is 5.75. The Hall–Kier alpha value is -1.33. The Balaban J connectivity index is 2.46. The Labute approximate surface area is 109 Å². The van der Waals surface area contributed by atoms with E-state index < -0.39 is 11.0 Å². The molecule has 18 heavy (non-hydrogen) atoms. The summed E-state index contributed by atoms with van der Waals surface area (Å²) < 4.78 is 0. The Bertz CT molecular complexity index is 461. The largest absolute Gasteiger partial charge is 0.388 e. The lowest BCUT2D eigenvalue weighted by atomic mass is 9.64. The van der Waals surface area contributed by atoms with E-state index in [9.17, 15) is 10.4 Å². The number of hydrogen-bond acceptors (Lipinski definition) is 2. The first kappa shape index (κ1) is 13.1. The zero-order valence-electron chi connectivity index (χ0n) is 11.4. The van der Waals surface area contributed by atoms with Crippen LogP contribution in [0.1, 0.15) is 38.3 Å². The highest BCUT2D eigenvalue weighted by Gasteiger charge is 2.54. The lowest BCUT2D eigenvalue weighted by Crippen LogP contribution is -2.51. The second kappa shape index (κ2) is 4.40. The predicted octanol–water partition coefficient (Wildman–Crippen LogP) is 3.09. The number of hydrogen-bond donors (Lipinski definition) is 1. The van der Waals surface area contributed by atoms with Crippen molar-refractivity contribution in [1.82, 2.24) is 0 Å². The Morgan fingerprint density at radius 1 is 1.33 bits per heavy atom. The van der Waals surface area contributed by atoms with Gasteiger partial charge in [-0.05, 0) is 36.3 Å². The number of fused-ring (bicyclic) bond motifs is 1. The summed E-state index contributed by atoms with van der Waals surface area (Å²) in [5.41, 5.74) is 0.846. The highest BCUT2D eigenvalue weighted by Crippen LogP contribution is 2.49. The van der Waals surface area contributed by atoms with Crippen LogP contribution in [0.3, 0.4) is 0 Å². The van der Waals surface area contributed by atoms with Crippen molar-refractivity contribution in [3.05, 3.63) is 35.4 Å². The van der Waals surface area contributed by atoms with Crippen LogP contribution in [0.4, 0.5) is 0 Å². The van der Waals surface area contributed by atoms with Crippen LogP contribution in [0.5, 0.6) is 0 Å². The van der Waals surface area contributed by atoms with Gasteiger partial charge in [0.1, 0.15) is 0 Å². The lowest BCUT2D eigenvalue weighted by molar-refractivity contribution is -0.0913. The summed E-state index contributed by atoms with van der Waals surface area (Å²) in [4.78, 5) is 0. The monoisotopic (exact) mass is 243 g/mol. The zero-order chi connectivity index (χ0) is 13.4. The van der Waals surface area contributed by atoms with E-state index in [0.29, 0.717) is 19.3 Å². The van der Waals surface area contributed by atoms with Gasteiger partial charge in [0.15, 0.2) is 0 Å². The van der Waals surface area contributed by atoms with Crippen LogP contribution in [-0.2, 0) is 12.8 Å². The molecule has 0 bridgehead atoms. The summed E-state index contributed by atoms with van der Waals surface area (Å²) in [7, 11) is 0. The Kier molecular flexibility index (Phi) is 3.21. The minimum absolute atomic E-state index is 0.0801. The summed E-state index contributed by atoms with van der Waals surface area (Å²) in [5, 5.41) is 20.7. The smallest absolute Gasteiger partial charge is 0.0942 e. The van der Waals surface area contributed by atoms with Crippen molar-refractivity contribution < 1.29 is 5.11 Å².